The van der Waals surface area contributed by atoms with E-state index in [1.807, 2.05) is 24.3 Å². The Bertz CT molecular complexity index is 516. The van der Waals surface area contributed by atoms with Crippen LogP contribution in [0.5, 0.6) is 0 Å². The van der Waals surface area contributed by atoms with E-state index in [2.05, 4.69) is 4.98 Å². The molecule has 0 bridgehead atoms. The molecule has 0 fully saturated rings. The third-order valence-electron chi connectivity index (χ3n) is 2.14. The second-order valence-corrected chi connectivity index (χ2v) is 3.12. The molecule has 0 aliphatic carbocycles. The zero-order chi connectivity index (χ0) is 10.1. The summed E-state index contributed by atoms with van der Waals surface area (Å²) in [6.07, 6.45) is 0. The van der Waals surface area contributed by atoms with Gasteiger partial charge in [0.05, 0.1) is 16.8 Å². The van der Waals surface area contributed by atoms with Gasteiger partial charge in [0.25, 0.3) is 0 Å². The van der Waals surface area contributed by atoms with Crippen LogP contribution in [0.25, 0.3) is 10.9 Å². The molecule has 2 rings (SSSR count). The van der Waals surface area contributed by atoms with Crippen LogP contribution >= 0.6 is 0 Å². The molecule has 4 heteroatoms. The zero-order valence-electron chi connectivity index (χ0n) is 9.69. The van der Waals surface area contributed by atoms with Crippen molar-refractivity contribution in [1.82, 2.24) is 4.98 Å². The molecule has 1 N–H and O–H groups in total. The van der Waals surface area contributed by atoms with E-state index < -0.39 is 5.97 Å². The predicted molar refractivity (Wildman–Crippen MR) is 54.6 cm³/mol. The first-order valence-corrected chi connectivity index (χ1v) is 4.28. The maximum Gasteiger partial charge on any atom is 1.00 e. The molecule has 0 radical (unpaired) electrons. The molecule has 0 unspecified atom stereocenters. The number of nitrogens with zero attached hydrogens (tertiary/aromatic N) is 1. The maximum atomic E-state index is 10.8. The number of carboxylic acid groups (broad SMARTS) is 1. The number of fused-ring (bicyclic) bond motifs is 1. The summed E-state index contributed by atoms with van der Waals surface area (Å²) in [5.41, 5.74) is 1.65. The van der Waals surface area contributed by atoms with Crippen molar-refractivity contribution in [2.75, 3.05) is 0 Å². The minimum absolute atomic E-state index is 0. The summed E-state index contributed by atoms with van der Waals surface area (Å²) in [7, 11) is 0. The topological polar surface area (TPSA) is 50.2 Å². The van der Waals surface area contributed by atoms with E-state index in [1.54, 1.807) is 13.0 Å². The van der Waals surface area contributed by atoms with Gasteiger partial charge in [-0.1, -0.05) is 18.2 Å². The predicted octanol–water partition coefficient (Wildman–Crippen LogP) is -0.642. The summed E-state index contributed by atoms with van der Waals surface area (Å²) in [6, 6.07) is 9.13. The molecule has 0 atom stereocenters. The monoisotopic (exact) mass is 211 g/mol. The number of aromatic carboxylic acids is 1. The van der Waals surface area contributed by atoms with Crippen molar-refractivity contribution in [3.8, 4) is 0 Å². The van der Waals surface area contributed by atoms with Crippen molar-refractivity contribution in [2.24, 2.45) is 0 Å². The molecular formula is C11H10NNaO2. The second kappa shape index (κ2) is 4.75. The van der Waals surface area contributed by atoms with Gasteiger partial charge in [0.2, 0.25) is 0 Å². The molecule has 72 valence electrons. The zero-order valence-corrected chi connectivity index (χ0v) is 10.7. The number of pyridine rings is 1. The fourth-order valence-corrected chi connectivity index (χ4v) is 1.43. The number of carboxylic acids is 1. The van der Waals surface area contributed by atoms with Gasteiger partial charge in [0.15, 0.2) is 0 Å². The van der Waals surface area contributed by atoms with Gasteiger partial charge in [0, 0.05) is 5.39 Å². The average Bonchev–Trinajstić information content (AvgIpc) is 2.16. The standard InChI is InChI=1S/C11H9NO2.Na.H/c1-7-9(11(13)14)6-8-4-2-3-5-10(8)12-7;;/h2-6H,1H3,(H,13,14);;/q;+1;-1. The SMILES string of the molecule is Cc1nc2ccccc2cc1C(=O)O.[H-].[Na+]. The van der Waals surface area contributed by atoms with Gasteiger partial charge < -0.3 is 6.53 Å². The van der Waals surface area contributed by atoms with Crippen LogP contribution in [0.2, 0.25) is 0 Å². The fourth-order valence-electron chi connectivity index (χ4n) is 1.43. The molecular weight excluding hydrogens is 201 g/mol. The van der Waals surface area contributed by atoms with Crippen molar-refractivity contribution in [1.29, 1.82) is 0 Å². The Kier molecular flexibility index (Phi) is 3.85. The first-order valence-electron chi connectivity index (χ1n) is 4.28. The Balaban J connectivity index is 0.00000112. The van der Waals surface area contributed by atoms with Gasteiger partial charge in [-0.2, -0.15) is 0 Å². The van der Waals surface area contributed by atoms with Gasteiger partial charge in [0.1, 0.15) is 0 Å². The minimum Gasteiger partial charge on any atom is -1.00 e. The maximum absolute atomic E-state index is 10.8. The minimum atomic E-state index is -0.930. The van der Waals surface area contributed by atoms with Crippen molar-refractivity contribution >= 4 is 16.9 Å². The number of rotatable bonds is 1. The molecule has 0 amide bonds. The average molecular weight is 211 g/mol. The van der Waals surface area contributed by atoms with Crippen LogP contribution in [0.3, 0.4) is 0 Å². The number of hydrogen-bond acceptors (Lipinski definition) is 2. The Morgan fingerprint density at radius 3 is 2.73 bits per heavy atom. The summed E-state index contributed by atoms with van der Waals surface area (Å²) >= 11 is 0. The second-order valence-electron chi connectivity index (χ2n) is 3.12. The number of aryl methyl sites for hydroxylation is 1. The van der Waals surface area contributed by atoms with E-state index in [4.69, 9.17) is 5.11 Å². The molecule has 2 aromatic rings. The van der Waals surface area contributed by atoms with Crippen LogP contribution < -0.4 is 29.6 Å². The van der Waals surface area contributed by atoms with Crippen LogP contribution in [0.1, 0.15) is 17.5 Å². The van der Waals surface area contributed by atoms with Crippen molar-refractivity contribution < 1.29 is 40.9 Å². The molecule has 1 heterocycles. The van der Waals surface area contributed by atoms with Crippen LogP contribution in [-0.2, 0) is 0 Å². The molecule has 1 aromatic heterocycles. The molecule has 0 saturated carbocycles. The van der Waals surface area contributed by atoms with Crippen LogP contribution in [0, 0.1) is 6.92 Å². The summed E-state index contributed by atoms with van der Waals surface area (Å²) < 4.78 is 0. The Hall–Kier alpha value is -0.900. The van der Waals surface area contributed by atoms with Crippen LogP contribution in [0.15, 0.2) is 30.3 Å². The van der Waals surface area contributed by atoms with Crippen LogP contribution in [0.4, 0.5) is 0 Å². The third-order valence-corrected chi connectivity index (χ3v) is 2.14. The third kappa shape index (κ3) is 2.37. The Morgan fingerprint density at radius 1 is 1.40 bits per heavy atom. The number of hydrogen-bond donors (Lipinski definition) is 1. The first kappa shape index (κ1) is 12.2. The number of carbonyl (C=O) groups is 1. The largest absolute Gasteiger partial charge is 1.00 e. The van der Waals surface area contributed by atoms with Crippen LogP contribution in [-0.4, -0.2) is 16.1 Å². The molecule has 3 nitrogen and oxygen atoms in total. The van der Waals surface area contributed by atoms with Gasteiger partial charge >= 0.3 is 35.5 Å². The van der Waals surface area contributed by atoms with Crippen molar-refractivity contribution in [2.45, 2.75) is 6.92 Å². The Labute approximate surface area is 111 Å². The van der Waals surface area contributed by atoms with E-state index in [0.717, 1.165) is 10.9 Å². The first-order chi connectivity index (χ1) is 6.68. The summed E-state index contributed by atoms with van der Waals surface area (Å²) in [5, 5.41) is 9.74. The summed E-state index contributed by atoms with van der Waals surface area (Å²) in [4.78, 5) is 15.0. The van der Waals surface area contributed by atoms with Gasteiger partial charge in [-0.25, -0.2) is 4.79 Å². The quantitative estimate of drug-likeness (QED) is 0.638. The van der Waals surface area contributed by atoms with Crippen molar-refractivity contribution in [3.63, 3.8) is 0 Å². The van der Waals surface area contributed by atoms with Gasteiger partial charge in [-0.3, -0.25) is 4.98 Å². The van der Waals surface area contributed by atoms with Crippen molar-refractivity contribution in [3.05, 3.63) is 41.6 Å². The molecule has 15 heavy (non-hydrogen) atoms. The van der Waals surface area contributed by atoms with E-state index >= 15 is 0 Å². The Morgan fingerprint density at radius 2 is 2.07 bits per heavy atom. The molecule has 0 aliphatic rings. The van der Waals surface area contributed by atoms with Gasteiger partial charge in [-0.05, 0) is 19.1 Å². The van der Waals surface area contributed by atoms with E-state index in [0.29, 0.717) is 5.69 Å². The molecule has 1 aromatic carbocycles. The normalized spacial score (nSPS) is 9.67. The molecule has 0 spiro atoms. The number of benzene rings is 1. The summed E-state index contributed by atoms with van der Waals surface area (Å²) in [6.45, 7) is 1.70. The van der Waals surface area contributed by atoms with E-state index in [9.17, 15) is 4.79 Å². The number of aromatic nitrogens is 1. The molecule has 0 aliphatic heterocycles. The summed E-state index contributed by atoms with van der Waals surface area (Å²) in [5.74, 6) is -0.930. The van der Waals surface area contributed by atoms with Gasteiger partial charge in [-0.15, -0.1) is 0 Å². The van der Waals surface area contributed by atoms with E-state index in [-0.39, 0.29) is 36.5 Å². The molecule has 0 saturated heterocycles. The fraction of sp³-hybridized carbons (Fsp3) is 0.0909. The van der Waals surface area contributed by atoms with E-state index in [1.165, 1.54) is 0 Å². The number of para-hydroxylation sites is 1. The smallest absolute Gasteiger partial charge is 1.00 e.